The third-order valence-corrected chi connectivity index (χ3v) is 3.80. The summed E-state index contributed by atoms with van der Waals surface area (Å²) in [7, 11) is 1.28. The normalized spacial score (nSPS) is 20.5. The lowest BCUT2D eigenvalue weighted by molar-refractivity contribution is -0.136. The first-order chi connectivity index (χ1) is 11.7. The Hall–Kier alpha value is -2.54. The van der Waals surface area contributed by atoms with E-state index >= 15 is 0 Å². The highest BCUT2D eigenvalue weighted by Crippen LogP contribution is 2.39. The molecule has 1 heterocycles. The fourth-order valence-corrected chi connectivity index (χ4v) is 2.78. The second-order valence-corrected chi connectivity index (χ2v) is 6.78. The maximum absolute atomic E-state index is 12.3. The number of rotatable bonds is 3. The van der Waals surface area contributed by atoms with Crippen LogP contribution in [0.5, 0.6) is 0 Å². The molecule has 1 aromatic carbocycles. The van der Waals surface area contributed by atoms with Crippen molar-refractivity contribution in [2.45, 2.75) is 45.4 Å². The monoisotopic (exact) mass is 348 g/mol. The van der Waals surface area contributed by atoms with Gasteiger partial charge in [-0.25, -0.2) is 15.0 Å². The van der Waals surface area contributed by atoms with Gasteiger partial charge in [0, 0.05) is 5.70 Å². The first-order valence-corrected chi connectivity index (χ1v) is 7.96. The summed E-state index contributed by atoms with van der Waals surface area (Å²) in [6.07, 6.45) is -1.88. The number of aliphatic hydroxyl groups is 1. The van der Waals surface area contributed by atoms with Gasteiger partial charge in [-0.1, -0.05) is 30.3 Å². The molecule has 2 N–H and O–H groups in total. The lowest BCUT2D eigenvalue weighted by Gasteiger charge is -2.29. The van der Waals surface area contributed by atoms with Crippen LogP contribution in [-0.4, -0.2) is 41.1 Å². The molecule has 25 heavy (non-hydrogen) atoms. The van der Waals surface area contributed by atoms with Crippen molar-refractivity contribution < 1.29 is 24.2 Å². The van der Waals surface area contributed by atoms with Crippen molar-refractivity contribution in [3.05, 3.63) is 47.2 Å². The van der Waals surface area contributed by atoms with Crippen LogP contribution in [0.4, 0.5) is 4.79 Å². The third-order valence-electron chi connectivity index (χ3n) is 3.80. The van der Waals surface area contributed by atoms with Crippen LogP contribution < -0.4 is 5.43 Å². The van der Waals surface area contributed by atoms with Gasteiger partial charge in [0.25, 0.3) is 0 Å². The minimum Gasteiger partial charge on any atom is -0.466 e. The van der Waals surface area contributed by atoms with Crippen molar-refractivity contribution in [2.24, 2.45) is 0 Å². The van der Waals surface area contributed by atoms with Gasteiger partial charge < -0.3 is 14.6 Å². The molecule has 1 aliphatic heterocycles. The fraction of sp³-hybridized carbons (Fsp3) is 0.444. The Morgan fingerprint density at radius 3 is 2.32 bits per heavy atom. The molecular formula is C18H24N2O5. The third kappa shape index (κ3) is 4.11. The Kier molecular flexibility index (Phi) is 5.37. The number of allylic oxidation sites excluding steroid dienone is 1. The molecule has 0 aromatic heterocycles. The second kappa shape index (κ2) is 7.14. The van der Waals surface area contributed by atoms with E-state index in [2.05, 4.69) is 5.43 Å². The molecule has 136 valence electrons. The molecule has 0 spiro atoms. The Bertz CT molecular complexity index is 678. The number of esters is 1. The van der Waals surface area contributed by atoms with E-state index < -0.39 is 29.8 Å². The quantitative estimate of drug-likeness (QED) is 0.815. The maximum Gasteiger partial charge on any atom is 0.426 e. The fourth-order valence-electron chi connectivity index (χ4n) is 2.78. The molecule has 0 unspecified atom stereocenters. The van der Waals surface area contributed by atoms with Crippen molar-refractivity contribution in [1.29, 1.82) is 0 Å². The number of hydrogen-bond donors (Lipinski definition) is 2. The molecule has 2 atom stereocenters. The molecule has 7 heteroatoms. The summed E-state index contributed by atoms with van der Waals surface area (Å²) in [5.74, 6) is -1.21. The highest BCUT2D eigenvalue weighted by atomic mass is 16.6. The molecule has 2 rings (SSSR count). The van der Waals surface area contributed by atoms with Gasteiger partial charge in [0.2, 0.25) is 0 Å². The largest absolute Gasteiger partial charge is 0.466 e. The lowest BCUT2D eigenvalue weighted by Crippen LogP contribution is -2.47. The highest BCUT2D eigenvalue weighted by Gasteiger charge is 2.43. The predicted octanol–water partition coefficient (Wildman–Crippen LogP) is 2.29. The van der Waals surface area contributed by atoms with Crippen LogP contribution in [0, 0.1) is 0 Å². The zero-order valence-electron chi connectivity index (χ0n) is 15.1. The molecular weight excluding hydrogens is 324 g/mol. The Morgan fingerprint density at radius 1 is 1.20 bits per heavy atom. The molecule has 0 radical (unpaired) electrons. The van der Waals surface area contributed by atoms with Crippen molar-refractivity contribution in [1.82, 2.24) is 10.4 Å². The number of hydrazine groups is 1. The van der Waals surface area contributed by atoms with E-state index in [1.54, 1.807) is 39.8 Å². The standard InChI is InChI=1S/C18H24N2O5/c1-11-13(16(22)24-5)14(12-9-7-6-8-10-12)15(21)20(11)19-17(23)25-18(2,3)4/h6-10,14-15,21H,1-5H3,(H,19,23)/t14-,15+/m1/s1. The van der Waals surface area contributed by atoms with Gasteiger partial charge in [-0.2, -0.15) is 0 Å². The minimum atomic E-state index is -1.16. The van der Waals surface area contributed by atoms with Crippen LogP contribution in [0.25, 0.3) is 0 Å². The minimum absolute atomic E-state index is 0.289. The first kappa shape index (κ1) is 18.8. The van der Waals surface area contributed by atoms with Gasteiger partial charge in [-0.3, -0.25) is 5.01 Å². The number of carbonyl (C=O) groups excluding carboxylic acids is 2. The topological polar surface area (TPSA) is 88.1 Å². The number of methoxy groups -OCH3 is 1. The van der Waals surface area contributed by atoms with Crippen molar-refractivity contribution in [3.63, 3.8) is 0 Å². The van der Waals surface area contributed by atoms with Crippen LogP contribution in [0.3, 0.4) is 0 Å². The number of amides is 1. The summed E-state index contributed by atoms with van der Waals surface area (Å²) in [5.41, 5.74) is 3.25. The van der Waals surface area contributed by atoms with Crippen LogP contribution in [0.2, 0.25) is 0 Å². The molecule has 1 amide bonds. The smallest absolute Gasteiger partial charge is 0.426 e. The summed E-state index contributed by atoms with van der Waals surface area (Å²) in [6, 6.07) is 9.09. The molecule has 1 aliphatic rings. The van der Waals surface area contributed by atoms with Crippen LogP contribution >= 0.6 is 0 Å². The predicted molar refractivity (Wildman–Crippen MR) is 91.1 cm³/mol. The SMILES string of the molecule is COC(=O)C1=C(C)N(NC(=O)OC(C)(C)C)[C@@H](O)[C@@H]1c1ccccc1. The molecule has 0 saturated carbocycles. The molecule has 0 saturated heterocycles. The number of ether oxygens (including phenoxy) is 2. The van der Waals surface area contributed by atoms with Crippen molar-refractivity contribution >= 4 is 12.1 Å². The number of benzene rings is 1. The van der Waals surface area contributed by atoms with Gasteiger partial charge in [-0.05, 0) is 33.3 Å². The highest BCUT2D eigenvalue weighted by molar-refractivity contribution is 5.92. The molecule has 0 aliphatic carbocycles. The van der Waals surface area contributed by atoms with Crippen molar-refractivity contribution in [2.75, 3.05) is 7.11 Å². The van der Waals surface area contributed by atoms with Gasteiger partial charge in [0.1, 0.15) is 5.60 Å². The Morgan fingerprint density at radius 2 is 1.80 bits per heavy atom. The molecule has 0 fully saturated rings. The van der Waals surface area contributed by atoms with E-state index in [-0.39, 0.29) is 5.57 Å². The zero-order chi connectivity index (χ0) is 18.8. The summed E-state index contributed by atoms with van der Waals surface area (Å²) < 4.78 is 10.1. The summed E-state index contributed by atoms with van der Waals surface area (Å²) in [6.45, 7) is 6.85. The lowest BCUT2D eigenvalue weighted by atomic mass is 9.91. The summed E-state index contributed by atoms with van der Waals surface area (Å²) in [5, 5.41) is 12.0. The van der Waals surface area contributed by atoms with Crippen LogP contribution in [-0.2, 0) is 14.3 Å². The summed E-state index contributed by atoms with van der Waals surface area (Å²) in [4.78, 5) is 24.3. The molecule has 7 nitrogen and oxygen atoms in total. The van der Waals surface area contributed by atoms with Crippen LogP contribution in [0.15, 0.2) is 41.6 Å². The van der Waals surface area contributed by atoms with E-state index in [0.29, 0.717) is 5.70 Å². The van der Waals surface area contributed by atoms with Crippen LogP contribution in [0.1, 0.15) is 39.2 Å². The number of nitrogens with zero attached hydrogens (tertiary/aromatic N) is 1. The number of nitrogens with one attached hydrogen (secondary N) is 1. The average Bonchev–Trinajstić information content (AvgIpc) is 2.78. The molecule has 0 bridgehead atoms. The van der Waals surface area contributed by atoms with E-state index in [4.69, 9.17) is 9.47 Å². The second-order valence-electron chi connectivity index (χ2n) is 6.78. The number of carbonyl (C=O) groups is 2. The van der Waals surface area contributed by atoms with Gasteiger partial charge in [-0.15, -0.1) is 0 Å². The Labute approximate surface area is 147 Å². The van der Waals surface area contributed by atoms with Gasteiger partial charge in [0.15, 0.2) is 6.23 Å². The van der Waals surface area contributed by atoms with Gasteiger partial charge in [0.05, 0.1) is 18.6 Å². The first-order valence-electron chi connectivity index (χ1n) is 7.96. The van der Waals surface area contributed by atoms with E-state index in [9.17, 15) is 14.7 Å². The molecule has 1 aromatic rings. The number of hydrogen-bond acceptors (Lipinski definition) is 6. The average molecular weight is 348 g/mol. The maximum atomic E-state index is 12.3. The van der Waals surface area contributed by atoms with Gasteiger partial charge >= 0.3 is 12.1 Å². The van der Waals surface area contributed by atoms with E-state index in [1.165, 1.54) is 12.1 Å². The van der Waals surface area contributed by atoms with E-state index in [0.717, 1.165) is 5.56 Å². The number of aliphatic hydroxyl groups excluding tert-OH is 1. The summed E-state index contributed by atoms with van der Waals surface area (Å²) >= 11 is 0. The Balaban J connectivity index is 2.35. The zero-order valence-corrected chi connectivity index (χ0v) is 15.1. The van der Waals surface area contributed by atoms with Crippen molar-refractivity contribution in [3.8, 4) is 0 Å². The van der Waals surface area contributed by atoms with E-state index in [1.807, 2.05) is 18.2 Å².